The van der Waals surface area contributed by atoms with E-state index in [9.17, 15) is 0 Å². The monoisotopic (exact) mass is 219 g/mol. The van der Waals surface area contributed by atoms with Crippen LogP contribution in [-0.2, 0) is 11.8 Å². The summed E-state index contributed by atoms with van der Waals surface area (Å²) in [6, 6.07) is 0. The van der Waals surface area contributed by atoms with Gasteiger partial charge < -0.3 is 0 Å². The van der Waals surface area contributed by atoms with Gasteiger partial charge in [0, 0.05) is 5.38 Å². The van der Waals surface area contributed by atoms with Gasteiger partial charge in [0.15, 0.2) is 0 Å². The third-order valence-corrected chi connectivity index (χ3v) is 3.02. The maximum absolute atomic E-state index is 4.39. The van der Waals surface area contributed by atoms with Crippen LogP contribution in [-0.4, -0.2) is 4.98 Å². The van der Waals surface area contributed by atoms with Crippen LogP contribution in [0, 0.1) is 0 Å². The Bertz CT molecular complexity index is 197. The van der Waals surface area contributed by atoms with Gasteiger partial charge in [-0.2, -0.15) is 0 Å². The highest BCUT2D eigenvalue weighted by Crippen LogP contribution is 2.13. The van der Waals surface area contributed by atoms with Gasteiger partial charge in [-0.1, -0.05) is 29.3 Å². The highest BCUT2D eigenvalue weighted by atomic mass is 79.9. The van der Waals surface area contributed by atoms with Gasteiger partial charge in [-0.05, 0) is 6.42 Å². The molecule has 3 heteroatoms. The van der Waals surface area contributed by atoms with Gasteiger partial charge in [0.05, 0.1) is 11.0 Å². The number of aryl methyl sites for hydroxylation is 1. The van der Waals surface area contributed by atoms with Crippen LogP contribution in [0.15, 0.2) is 5.38 Å². The molecule has 56 valence electrons. The van der Waals surface area contributed by atoms with E-state index >= 15 is 0 Å². The maximum Gasteiger partial charge on any atom is 0.103 e. The SMILES string of the molecule is CCCc1csc(CBr)n1. The standard InChI is InChI=1S/C7H10BrNS/c1-2-3-6-5-10-7(4-8)9-6/h5H,2-4H2,1H3. The zero-order chi connectivity index (χ0) is 7.40. The fourth-order valence-electron chi connectivity index (χ4n) is 0.781. The molecule has 1 aromatic heterocycles. The number of rotatable bonds is 3. The lowest BCUT2D eigenvalue weighted by molar-refractivity contribution is 0.887. The van der Waals surface area contributed by atoms with Crippen molar-refractivity contribution in [1.29, 1.82) is 0 Å². The van der Waals surface area contributed by atoms with Crippen LogP contribution in [0.5, 0.6) is 0 Å². The molecule has 0 fully saturated rings. The van der Waals surface area contributed by atoms with Gasteiger partial charge in [0.25, 0.3) is 0 Å². The quantitative estimate of drug-likeness (QED) is 0.713. The van der Waals surface area contributed by atoms with Crippen molar-refractivity contribution < 1.29 is 0 Å². The van der Waals surface area contributed by atoms with Crippen molar-refractivity contribution in [3.05, 3.63) is 16.1 Å². The number of alkyl halides is 1. The highest BCUT2D eigenvalue weighted by Gasteiger charge is 1.97. The molecule has 0 unspecified atom stereocenters. The lowest BCUT2D eigenvalue weighted by Gasteiger charge is -1.86. The lowest BCUT2D eigenvalue weighted by Crippen LogP contribution is -1.82. The molecule has 0 aliphatic carbocycles. The molecule has 0 radical (unpaired) electrons. The smallest absolute Gasteiger partial charge is 0.103 e. The first-order chi connectivity index (χ1) is 4.86. The van der Waals surface area contributed by atoms with Crippen molar-refractivity contribution in [1.82, 2.24) is 4.98 Å². The van der Waals surface area contributed by atoms with Crippen LogP contribution in [0.4, 0.5) is 0 Å². The molecule has 0 saturated heterocycles. The van der Waals surface area contributed by atoms with Crippen LogP contribution >= 0.6 is 27.3 Å². The summed E-state index contributed by atoms with van der Waals surface area (Å²) in [6.07, 6.45) is 2.30. The molecular formula is C7H10BrNS. The number of thiazole rings is 1. The Balaban J connectivity index is 2.59. The third-order valence-electron chi connectivity index (χ3n) is 1.22. The van der Waals surface area contributed by atoms with Crippen molar-refractivity contribution in [3.63, 3.8) is 0 Å². The Kier molecular flexibility index (Phi) is 3.35. The first-order valence-electron chi connectivity index (χ1n) is 3.36. The minimum Gasteiger partial charge on any atom is -0.245 e. The summed E-state index contributed by atoms with van der Waals surface area (Å²) in [7, 11) is 0. The highest BCUT2D eigenvalue weighted by molar-refractivity contribution is 9.08. The number of aromatic nitrogens is 1. The average Bonchev–Trinajstić information content (AvgIpc) is 2.37. The summed E-state index contributed by atoms with van der Waals surface area (Å²) in [6.45, 7) is 2.17. The van der Waals surface area contributed by atoms with Crippen molar-refractivity contribution >= 4 is 27.3 Å². The summed E-state index contributed by atoms with van der Waals surface area (Å²) in [5.74, 6) is 0. The number of halogens is 1. The normalized spacial score (nSPS) is 10.2. The zero-order valence-electron chi connectivity index (χ0n) is 5.93. The third kappa shape index (κ3) is 2.06. The first-order valence-corrected chi connectivity index (χ1v) is 5.36. The summed E-state index contributed by atoms with van der Waals surface area (Å²) < 4.78 is 0. The predicted molar refractivity (Wildman–Crippen MR) is 48.7 cm³/mol. The van der Waals surface area contributed by atoms with Gasteiger partial charge in [0.1, 0.15) is 5.01 Å². The zero-order valence-corrected chi connectivity index (χ0v) is 8.33. The van der Waals surface area contributed by atoms with Crippen LogP contribution in [0.25, 0.3) is 0 Å². The molecule has 0 N–H and O–H groups in total. The van der Waals surface area contributed by atoms with Crippen molar-refractivity contribution in [2.45, 2.75) is 25.1 Å². The topological polar surface area (TPSA) is 12.9 Å². The van der Waals surface area contributed by atoms with E-state index in [2.05, 4.69) is 33.2 Å². The number of hydrogen-bond donors (Lipinski definition) is 0. The average molecular weight is 220 g/mol. The second-order valence-corrected chi connectivity index (χ2v) is 3.62. The van der Waals surface area contributed by atoms with E-state index in [1.165, 1.54) is 17.1 Å². The van der Waals surface area contributed by atoms with Crippen molar-refractivity contribution in [3.8, 4) is 0 Å². The molecular weight excluding hydrogens is 210 g/mol. The van der Waals surface area contributed by atoms with Crippen LogP contribution in [0.3, 0.4) is 0 Å². The van der Waals surface area contributed by atoms with E-state index in [4.69, 9.17) is 0 Å². The molecule has 1 nitrogen and oxygen atoms in total. The Labute approximate surface area is 73.6 Å². The fourth-order valence-corrected chi connectivity index (χ4v) is 1.98. The van der Waals surface area contributed by atoms with Gasteiger partial charge >= 0.3 is 0 Å². The molecule has 10 heavy (non-hydrogen) atoms. The van der Waals surface area contributed by atoms with Crippen molar-refractivity contribution in [2.75, 3.05) is 0 Å². The second kappa shape index (κ2) is 4.09. The lowest BCUT2D eigenvalue weighted by atomic mass is 10.3. The van der Waals surface area contributed by atoms with Gasteiger partial charge in [-0.15, -0.1) is 11.3 Å². The van der Waals surface area contributed by atoms with Gasteiger partial charge in [-0.25, -0.2) is 4.98 Å². The van der Waals surface area contributed by atoms with Crippen LogP contribution in [0.1, 0.15) is 24.0 Å². The van der Waals surface area contributed by atoms with E-state index in [0.717, 1.165) is 11.8 Å². The molecule has 0 amide bonds. The first kappa shape index (κ1) is 8.21. The fraction of sp³-hybridized carbons (Fsp3) is 0.571. The van der Waals surface area contributed by atoms with Gasteiger partial charge in [0.2, 0.25) is 0 Å². The number of nitrogens with zero attached hydrogens (tertiary/aromatic N) is 1. The van der Waals surface area contributed by atoms with E-state index in [1.807, 2.05) is 0 Å². The Hall–Kier alpha value is 0.110. The van der Waals surface area contributed by atoms with Crippen molar-refractivity contribution in [2.24, 2.45) is 0 Å². The summed E-state index contributed by atoms with van der Waals surface area (Å²) in [5.41, 5.74) is 1.24. The molecule has 1 heterocycles. The van der Waals surface area contributed by atoms with Crippen LogP contribution in [0.2, 0.25) is 0 Å². The van der Waals surface area contributed by atoms with Crippen LogP contribution < -0.4 is 0 Å². The number of hydrogen-bond acceptors (Lipinski definition) is 2. The Morgan fingerprint density at radius 3 is 3.00 bits per heavy atom. The summed E-state index contributed by atoms with van der Waals surface area (Å²) in [5, 5.41) is 4.21. The molecule has 0 spiro atoms. The molecule has 1 rings (SSSR count). The van der Waals surface area contributed by atoms with E-state index in [1.54, 1.807) is 11.3 Å². The molecule has 0 bridgehead atoms. The second-order valence-electron chi connectivity index (χ2n) is 2.12. The minimum absolute atomic E-state index is 0.890. The van der Waals surface area contributed by atoms with E-state index < -0.39 is 0 Å². The molecule has 0 aliphatic heterocycles. The van der Waals surface area contributed by atoms with E-state index in [-0.39, 0.29) is 0 Å². The molecule has 0 aromatic carbocycles. The Morgan fingerprint density at radius 1 is 1.70 bits per heavy atom. The molecule has 0 aliphatic rings. The summed E-state index contributed by atoms with van der Waals surface area (Å²) >= 11 is 5.10. The minimum atomic E-state index is 0.890. The molecule has 0 saturated carbocycles. The summed E-state index contributed by atoms with van der Waals surface area (Å²) in [4.78, 5) is 4.39. The molecule has 0 atom stereocenters. The largest absolute Gasteiger partial charge is 0.245 e. The van der Waals surface area contributed by atoms with E-state index in [0.29, 0.717) is 0 Å². The predicted octanol–water partition coefficient (Wildman–Crippen LogP) is 2.99. The molecule has 1 aromatic rings. The maximum atomic E-state index is 4.39. The van der Waals surface area contributed by atoms with Gasteiger partial charge in [-0.3, -0.25) is 0 Å². The Morgan fingerprint density at radius 2 is 2.50 bits per heavy atom.